The Labute approximate surface area is 110 Å². The summed E-state index contributed by atoms with van der Waals surface area (Å²) in [6.07, 6.45) is 1.36. The number of hydrogen-bond acceptors (Lipinski definition) is 3. The third kappa shape index (κ3) is 9.89. The number of hydrogen-bond donors (Lipinski definition) is 3. The van der Waals surface area contributed by atoms with Crippen molar-refractivity contribution in [3.8, 4) is 0 Å². The van der Waals surface area contributed by atoms with Crippen LogP contribution < -0.4 is 16.0 Å². The van der Waals surface area contributed by atoms with Gasteiger partial charge in [0, 0.05) is 46.3 Å². The van der Waals surface area contributed by atoms with Crippen LogP contribution in [0.4, 0.5) is 0 Å². The lowest BCUT2D eigenvalue weighted by Crippen LogP contribution is -2.40. The summed E-state index contributed by atoms with van der Waals surface area (Å²) in [6.45, 7) is 5.98. The smallest absolute Gasteiger partial charge is 0.221 e. The molecule has 0 atom stereocenters. The highest BCUT2D eigenvalue weighted by molar-refractivity contribution is 5.81. The molecule has 106 valence electrons. The van der Waals surface area contributed by atoms with Crippen LogP contribution in [0.2, 0.25) is 0 Å². The van der Waals surface area contributed by atoms with Gasteiger partial charge < -0.3 is 20.7 Å². The molecule has 1 amide bonds. The van der Waals surface area contributed by atoms with E-state index >= 15 is 0 Å². The molecule has 3 N–H and O–H groups in total. The van der Waals surface area contributed by atoms with Crippen LogP contribution >= 0.6 is 0 Å². The molecule has 0 heterocycles. The first-order valence-corrected chi connectivity index (χ1v) is 6.33. The largest absolute Gasteiger partial charge is 0.385 e. The van der Waals surface area contributed by atoms with E-state index in [1.54, 1.807) is 14.2 Å². The molecule has 6 nitrogen and oxygen atoms in total. The zero-order valence-electron chi connectivity index (χ0n) is 11.9. The number of ether oxygens (including phenoxy) is 1. The summed E-state index contributed by atoms with van der Waals surface area (Å²) >= 11 is 0. The Balaban J connectivity index is 3.65. The predicted octanol–water partition coefficient (Wildman–Crippen LogP) is 0.103. The average molecular weight is 258 g/mol. The van der Waals surface area contributed by atoms with Crippen LogP contribution in [-0.2, 0) is 9.53 Å². The normalized spacial score (nSPS) is 11.5. The van der Waals surface area contributed by atoms with Crippen molar-refractivity contribution < 1.29 is 9.53 Å². The number of nitrogens with zero attached hydrogens (tertiary/aromatic N) is 1. The monoisotopic (exact) mass is 258 g/mol. The maximum atomic E-state index is 11.4. The second-order valence-electron chi connectivity index (χ2n) is 4.24. The van der Waals surface area contributed by atoms with E-state index in [4.69, 9.17) is 4.74 Å². The van der Waals surface area contributed by atoms with Gasteiger partial charge in [-0.2, -0.15) is 0 Å². The van der Waals surface area contributed by atoms with E-state index in [1.165, 1.54) is 0 Å². The Morgan fingerprint density at radius 2 is 1.94 bits per heavy atom. The van der Waals surface area contributed by atoms with Gasteiger partial charge in [-0.05, 0) is 20.3 Å². The van der Waals surface area contributed by atoms with Gasteiger partial charge in [-0.3, -0.25) is 9.79 Å². The van der Waals surface area contributed by atoms with E-state index in [2.05, 4.69) is 20.9 Å². The Hall–Kier alpha value is -1.30. The van der Waals surface area contributed by atoms with Crippen LogP contribution in [0.15, 0.2) is 4.99 Å². The molecule has 0 aromatic carbocycles. The first kappa shape index (κ1) is 16.7. The van der Waals surface area contributed by atoms with Gasteiger partial charge in [0.05, 0.1) is 0 Å². The minimum absolute atomic E-state index is 0.0485. The van der Waals surface area contributed by atoms with Crippen molar-refractivity contribution >= 4 is 11.9 Å². The molecule has 0 unspecified atom stereocenters. The molecule has 0 aliphatic carbocycles. The maximum Gasteiger partial charge on any atom is 0.221 e. The molecule has 0 radical (unpaired) electrons. The molecule has 0 bridgehead atoms. The second-order valence-corrected chi connectivity index (χ2v) is 4.24. The number of rotatable bonds is 8. The Kier molecular flexibility index (Phi) is 10.0. The number of carbonyl (C=O) groups is 1. The maximum absolute atomic E-state index is 11.4. The number of nitrogens with one attached hydrogen (secondary N) is 3. The first-order valence-electron chi connectivity index (χ1n) is 6.33. The molecule has 0 saturated heterocycles. The minimum Gasteiger partial charge on any atom is -0.385 e. The lowest BCUT2D eigenvalue weighted by atomic mass is 10.3. The topological polar surface area (TPSA) is 74.8 Å². The molecule has 0 saturated carbocycles. The molecule has 6 heteroatoms. The van der Waals surface area contributed by atoms with Crippen LogP contribution in [0.1, 0.15) is 26.7 Å². The highest BCUT2D eigenvalue weighted by atomic mass is 16.5. The summed E-state index contributed by atoms with van der Waals surface area (Å²) in [6, 6.07) is 0.184. The Morgan fingerprint density at radius 3 is 2.50 bits per heavy atom. The van der Waals surface area contributed by atoms with Crippen LogP contribution in [0.3, 0.4) is 0 Å². The van der Waals surface area contributed by atoms with E-state index in [0.717, 1.165) is 19.6 Å². The lowest BCUT2D eigenvalue weighted by molar-refractivity contribution is -0.121. The molecule has 0 aromatic rings. The van der Waals surface area contributed by atoms with Crippen molar-refractivity contribution in [1.82, 2.24) is 16.0 Å². The Morgan fingerprint density at radius 1 is 1.28 bits per heavy atom. The number of guanidine groups is 1. The van der Waals surface area contributed by atoms with Crippen molar-refractivity contribution in [3.63, 3.8) is 0 Å². The SMILES string of the molecule is CN=C(NCCCOC)NCCC(=O)NC(C)C. The number of aliphatic imine (C=N–C) groups is 1. The molecule has 0 aromatic heterocycles. The fraction of sp³-hybridized carbons (Fsp3) is 0.833. The van der Waals surface area contributed by atoms with E-state index < -0.39 is 0 Å². The van der Waals surface area contributed by atoms with Crippen molar-refractivity contribution in [2.75, 3.05) is 33.9 Å². The van der Waals surface area contributed by atoms with Gasteiger partial charge in [0.15, 0.2) is 5.96 Å². The first-order chi connectivity index (χ1) is 8.60. The highest BCUT2D eigenvalue weighted by Crippen LogP contribution is 1.83. The zero-order chi connectivity index (χ0) is 13.8. The fourth-order valence-corrected chi connectivity index (χ4v) is 1.33. The van der Waals surface area contributed by atoms with E-state index in [-0.39, 0.29) is 11.9 Å². The molecule has 0 spiro atoms. The summed E-state index contributed by atoms with van der Waals surface area (Å²) in [5, 5.41) is 9.07. The van der Waals surface area contributed by atoms with Crippen molar-refractivity contribution in [1.29, 1.82) is 0 Å². The summed E-state index contributed by atoms with van der Waals surface area (Å²) in [5.41, 5.74) is 0. The fourth-order valence-electron chi connectivity index (χ4n) is 1.33. The molecule has 0 aliphatic heterocycles. The second kappa shape index (κ2) is 10.8. The van der Waals surface area contributed by atoms with Crippen molar-refractivity contribution in [3.05, 3.63) is 0 Å². The highest BCUT2D eigenvalue weighted by Gasteiger charge is 2.03. The van der Waals surface area contributed by atoms with Gasteiger partial charge in [-0.25, -0.2) is 0 Å². The van der Waals surface area contributed by atoms with Crippen LogP contribution in [0.5, 0.6) is 0 Å². The van der Waals surface area contributed by atoms with Gasteiger partial charge in [-0.15, -0.1) is 0 Å². The van der Waals surface area contributed by atoms with Gasteiger partial charge in [0.1, 0.15) is 0 Å². The van der Waals surface area contributed by atoms with Gasteiger partial charge >= 0.3 is 0 Å². The van der Waals surface area contributed by atoms with E-state index in [9.17, 15) is 4.79 Å². The predicted molar refractivity (Wildman–Crippen MR) is 73.8 cm³/mol. The Bertz CT molecular complexity index is 254. The number of carbonyl (C=O) groups excluding carboxylic acids is 1. The van der Waals surface area contributed by atoms with Crippen molar-refractivity contribution in [2.45, 2.75) is 32.7 Å². The summed E-state index contributed by atoms with van der Waals surface area (Å²) in [4.78, 5) is 15.5. The molecule has 0 rings (SSSR count). The molecular formula is C12H26N4O2. The van der Waals surface area contributed by atoms with Gasteiger partial charge in [0.2, 0.25) is 5.91 Å². The molecular weight excluding hydrogens is 232 g/mol. The van der Waals surface area contributed by atoms with Crippen LogP contribution in [0, 0.1) is 0 Å². The molecule has 0 aliphatic rings. The minimum atomic E-state index is 0.0485. The quantitative estimate of drug-likeness (QED) is 0.328. The zero-order valence-corrected chi connectivity index (χ0v) is 11.9. The third-order valence-electron chi connectivity index (χ3n) is 2.14. The van der Waals surface area contributed by atoms with E-state index in [1.807, 2.05) is 13.8 Å². The summed E-state index contributed by atoms with van der Waals surface area (Å²) < 4.78 is 4.95. The van der Waals surface area contributed by atoms with Crippen molar-refractivity contribution in [2.24, 2.45) is 4.99 Å². The van der Waals surface area contributed by atoms with Crippen LogP contribution in [0.25, 0.3) is 0 Å². The van der Waals surface area contributed by atoms with Gasteiger partial charge in [-0.1, -0.05) is 0 Å². The lowest BCUT2D eigenvalue weighted by Gasteiger charge is -2.12. The third-order valence-corrected chi connectivity index (χ3v) is 2.14. The summed E-state index contributed by atoms with van der Waals surface area (Å²) in [5.74, 6) is 0.760. The molecule has 0 fully saturated rings. The van der Waals surface area contributed by atoms with Crippen LogP contribution in [-0.4, -0.2) is 51.8 Å². The average Bonchev–Trinajstić information content (AvgIpc) is 2.31. The standard InChI is InChI=1S/C12H26N4O2/c1-10(2)16-11(17)6-8-15-12(13-3)14-7-5-9-18-4/h10H,5-9H2,1-4H3,(H,16,17)(H2,13,14,15). The number of amides is 1. The summed E-state index contributed by atoms with van der Waals surface area (Å²) in [7, 11) is 3.39. The van der Waals surface area contributed by atoms with Gasteiger partial charge in [0.25, 0.3) is 0 Å². The molecule has 18 heavy (non-hydrogen) atoms. The number of methoxy groups -OCH3 is 1. The van der Waals surface area contributed by atoms with E-state index in [0.29, 0.717) is 18.9 Å².